The van der Waals surface area contributed by atoms with E-state index < -0.39 is 4.92 Å². The molecule has 1 fully saturated rings. The zero-order valence-electron chi connectivity index (χ0n) is 17.3. The summed E-state index contributed by atoms with van der Waals surface area (Å²) in [5.41, 5.74) is 1.49. The maximum Gasteiger partial charge on any atom is 0.273 e. The molecule has 9 heteroatoms. The van der Waals surface area contributed by atoms with Gasteiger partial charge in [-0.2, -0.15) is 0 Å². The van der Waals surface area contributed by atoms with Crippen LogP contribution in [0.5, 0.6) is 0 Å². The van der Waals surface area contributed by atoms with Gasteiger partial charge in [-0.15, -0.1) is 0 Å². The first-order valence-electron chi connectivity index (χ1n) is 10.3. The van der Waals surface area contributed by atoms with E-state index in [4.69, 9.17) is 4.74 Å². The van der Waals surface area contributed by atoms with Crippen LogP contribution in [0.3, 0.4) is 0 Å². The summed E-state index contributed by atoms with van der Waals surface area (Å²) in [5.74, 6) is -0.262. The maximum atomic E-state index is 13.5. The Morgan fingerprint density at radius 2 is 2.00 bits per heavy atom. The van der Waals surface area contributed by atoms with Gasteiger partial charge in [-0.3, -0.25) is 24.7 Å². The van der Waals surface area contributed by atoms with Crippen molar-refractivity contribution < 1.29 is 14.5 Å². The van der Waals surface area contributed by atoms with Crippen LogP contribution in [0.15, 0.2) is 42.5 Å². The highest BCUT2D eigenvalue weighted by atomic mass is 32.1. The lowest BCUT2D eigenvalue weighted by Crippen LogP contribution is -2.39. The molecule has 0 bridgehead atoms. The summed E-state index contributed by atoms with van der Waals surface area (Å²) in [6.07, 6.45) is 0.773. The minimum Gasteiger partial charge on any atom is -0.379 e. The lowest BCUT2D eigenvalue weighted by Gasteiger charge is -2.28. The average Bonchev–Trinajstić information content (AvgIpc) is 3.21. The van der Waals surface area contributed by atoms with Gasteiger partial charge in [-0.25, -0.2) is 4.98 Å². The number of para-hydroxylation sites is 1. The van der Waals surface area contributed by atoms with E-state index in [-0.39, 0.29) is 11.6 Å². The van der Waals surface area contributed by atoms with Crippen LogP contribution in [0.4, 0.5) is 10.8 Å². The molecule has 0 unspecified atom stereocenters. The Morgan fingerprint density at radius 1 is 1.23 bits per heavy atom. The third kappa shape index (κ3) is 4.73. The molecule has 0 spiro atoms. The molecular formula is C22H24N4O4S. The number of ether oxygens (including phenoxy) is 1. The first-order chi connectivity index (χ1) is 15.0. The Kier molecular flexibility index (Phi) is 6.55. The molecule has 31 heavy (non-hydrogen) atoms. The number of hydrogen-bond acceptors (Lipinski definition) is 7. The topological polar surface area (TPSA) is 88.8 Å². The Hall–Kier alpha value is -2.88. The summed E-state index contributed by atoms with van der Waals surface area (Å²) in [6.45, 7) is 6.19. The second-order valence-electron chi connectivity index (χ2n) is 7.44. The predicted octanol–water partition coefficient (Wildman–Crippen LogP) is 3.88. The smallest absolute Gasteiger partial charge is 0.273 e. The van der Waals surface area contributed by atoms with Crippen LogP contribution in [0.2, 0.25) is 0 Å². The molecular weight excluding hydrogens is 416 g/mol. The van der Waals surface area contributed by atoms with E-state index in [1.165, 1.54) is 17.4 Å². The standard InChI is InChI=1S/C22H24N4O4S/c1-16-17(6-4-8-19(16)26(28)29)21(27)25(11-5-10-24-12-14-30-15-13-24)22-23-18-7-2-3-9-20(18)31-22/h2-4,6-9H,5,10-15H2,1H3. The van der Waals surface area contributed by atoms with Crippen LogP contribution in [-0.2, 0) is 4.74 Å². The molecule has 0 aliphatic carbocycles. The zero-order valence-corrected chi connectivity index (χ0v) is 18.1. The van der Waals surface area contributed by atoms with Crippen LogP contribution < -0.4 is 4.90 Å². The van der Waals surface area contributed by atoms with Gasteiger partial charge < -0.3 is 4.74 Å². The molecule has 2 aromatic carbocycles. The Labute approximate surface area is 184 Å². The average molecular weight is 441 g/mol. The highest BCUT2D eigenvalue weighted by Crippen LogP contribution is 2.31. The van der Waals surface area contributed by atoms with Crippen molar-refractivity contribution in [3.63, 3.8) is 0 Å². The Bertz CT molecular complexity index is 1060. The maximum absolute atomic E-state index is 13.5. The molecule has 1 aliphatic heterocycles. The van der Waals surface area contributed by atoms with Gasteiger partial charge in [-0.05, 0) is 31.5 Å². The zero-order chi connectivity index (χ0) is 21.8. The van der Waals surface area contributed by atoms with Crippen LogP contribution >= 0.6 is 11.3 Å². The number of anilines is 1. The fourth-order valence-corrected chi connectivity index (χ4v) is 4.73. The highest BCUT2D eigenvalue weighted by Gasteiger charge is 2.25. The first-order valence-corrected chi connectivity index (χ1v) is 11.1. The number of carbonyl (C=O) groups is 1. The molecule has 0 saturated carbocycles. The Morgan fingerprint density at radius 3 is 2.74 bits per heavy atom. The van der Waals surface area contributed by atoms with Gasteiger partial charge in [0.25, 0.3) is 11.6 Å². The minimum atomic E-state index is -0.452. The SMILES string of the molecule is Cc1c(C(=O)N(CCCN2CCOCC2)c2nc3ccccc3s2)cccc1[N+](=O)[O-]. The lowest BCUT2D eigenvalue weighted by atomic mass is 10.1. The molecule has 1 saturated heterocycles. The van der Waals surface area contributed by atoms with Gasteiger partial charge >= 0.3 is 0 Å². The summed E-state index contributed by atoms with van der Waals surface area (Å²) < 4.78 is 6.40. The van der Waals surface area contributed by atoms with Crippen molar-refractivity contribution in [2.45, 2.75) is 13.3 Å². The molecule has 4 rings (SSSR count). The monoisotopic (exact) mass is 440 g/mol. The minimum absolute atomic E-state index is 0.0524. The van der Waals surface area contributed by atoms with Gasteiger partial charge in [-0.1, -0.05) is 29.5 Å². The second kappa shape index (κ2) is 9.51. The second-order valence-corrected chi connectivity index (χ2v) is 8.44. The van der Waals surface area contributed by atoms with Crippen LogP contribution in [-0.4, -0.2) is 60.1 Å². The predicted molar refractivity (Wildman–Crippen MR) is 121 cm³/mol. The summed E-state index contributed by atoms with van der Waals surface area (Å²) >= 11 is 1.46. The van der Waals surface area contributed by atoms with Crippen molar-refractivity contribution in [1.29, 1.82) is 0 Å². The van der Waals surface area contributed by atoms with Crippen molar-refractivity contribution in [2.24, 2.45) is 0 Å². The van der Waals surface area contributed by atoms with E-state index in [1.54, 1.807) is 24.0 Å². The number of morpholine rings is 1. The molecule has 1 amide bonds. The van der Waals surface area contributed by atoms with Gasteiger partial charge in [0.05, 0.1) is 28.4 Å². The summed E-state index contributed by atoms with van der Waals surface area (Å²) in [7, 11) is 0. The number of hydrogen-bond donors (Lipinski definition) is 0. The number of benzene rings is 2. The lowest BCUT2D eigenvalue weighted by molar-refractivity contribution is -0.385. The van der Waals surface area contributed by atoms with Crippen molar-refractivity contribution in [3.05, 3.63) is 63.7 Å². The van der Waals surface area contributed by atoms with Crippen molar-refractivity contribution >= 4 is 38.3 Å². The van der Waals surface area contributed by atoms with E-state index in [9.17, 15) is 14.9 Å². The fourth-order valence-electron chi connectivity index (χ4n) is 3.74. The first kappa shape index (κ1) is 21.4. The number of rotatable bonds is 7. The third-order valence-electron chi connectivity index (χ3n) is 5.45. The van der Waals surface area contributed by atoms with Crippen LogP contribution in [0.25, 0.3) is 10.2 Å². The molecule has 8 nitrogen and oxygen atoms in total. The number of thiazole rings is 1. The van der Waals surface area contributed by atoms with E-state index in [1.807, 2.05) is 24.3 Å². The highest BCUT2D eigenvalue weighted by molar-refractivity contribution is 7.22. The largest absolute Gasteiger partial charge is 0.379 e. The van der Waals surface area contributed by atoms with Gasteiger partial charge in [0.2, 0.25) is 0 Å². The number of nitrogens with zero attached hydrogens (tertiary/aromatic N) is 4. The van der Waals surface area contributed by atoms with Crippen molar-refractivity contribution in [3.8, 4) is 0 Å². The number of nitro benzene ring substituents is 1. The molecule has 2 heterocycles. The van der Waals surface area contributed by atoms with E-state index >= 15 is 0 Å². The third-order valence-corrected chi connectivity index (χ3v) is 6.51. The number of nitro groups is 1. The van der Waals surface area contributed by atoms with E-state index in [2.05, 4.69) is 9.88 Å². The molecule has 0 N–H and O–H groups in total. The summed E-state index contributed by atoms with van der Waals surface area (Å²) in [4.78, 5) is 33.1. The van der Waals surface area contributed by atoms with Gasteiger partial charge in [0.15, 0.2) is 5.13 Å². The molecule has 0 atom stereocenters. The number of carbonyl (C=O) groups excluding carboxylic acids is 1. The number of fused-ring (bicyclic) bond motifs is 1. The molecule has 0 radical (unpaired) electrons. The van der Waals surface area contributed by atoms with E-state index in [0.29, 0.717) is 22.8 Å². The Balaban J connectivity index is 1.62. The van der Waals surface area contributed by atoms with Gasteiger partial charge in [0, 0.05) is 43.4 Å². The van der Waals surface area contributed by atoms with Crippen molar-refractivity contribution in [2.75, 3.05) is 44.3 Å². The quantitative estimate of drug-likeness (QED) is 0.409. The number of amides is 1. The molecule has 1 aromatic heterocycles. The molecule has 162 valence electrons. The van der Waals surface area contributed by atoms with E-state index in [0.717, 1.165) is 49.5 Å². The molecule has 3 aromatic rings. The van der Waals surface area contributed by atoms with Crippen molar-refractivity contribution in [1.82, 2.24) is 9.88 Å². The summed E-state index contributed by atoms with van der Waals surface area (Å²) in [6, 6.07) is 12.4. The van der Waals surface area contributed by atoms with Crippen LogP contribution in [0, 0.1) is 17.0 Å². The summed E-state index contributed by atoms with van der Waals surface area (Å²) in [5, 5.41) is 12.0. The van der Waals surface area contributed by atoms with Gasteiger partial charge in [0.1, 0.15) is 0 Å². The van der Waals surface area contributed by atoms with Crippen LogP contribution in [0.1, 0.15) is 22.3 Å². The number of aromatic nitrogens is 1. The molecule has 1 aliphatic rings. The normalized spacial score (nSPS) is 14.6. The fraction of sp³-hybridized carbons (Fsp3) is 0.364.